The maximum Gasteiger partial charge on any atom is 0.154 e. The first-order chi connectivity index (χ1) is 7.68. The van der Waals surface area contributed by atoms with Gasteiger partial charge in [0.1, 0.15) is 0 Å². The molecule has 1 N–H and O–H groups in total. The van der Waals surface area contributed by atoms with Crippen LogP contribution in [0.2, 0.25) is 0 Å². The van der Waals surface area contributed by atoms with Gasteiger partial charge in [0.25, 0.3) is 0 Å². The molecule has 1 heterocycles. The second-order valence-corrected chi connectivity index (χ2v) is 7.63. The Bertz CT molecular complexity index is 307. The van der Waals surface area contributed by atoms with Gasteiger partial charge in [-0.1, -0.05) is 25.7 Å². The van der Waals surface area contributed by atoms with Gasteiger partial charge in [-0.2, -0.15) is 0 Å². The van der Waals surface area contributed by atoms with E-state index in [2.05, 4.69) is 5.32 Å². The lowest BCUT2D eigenvalue weighted by atomic mass is 9.95. The van der Waals surface area contributed by atoms with Gasteiger partial charge in [-0.15, -0.1) is 0 Å². The Balaban J connectivity index is 1.79. The monoisotopic (exact) mass is 245 g/mol. The summed E-state index contributed by atoms with van der Waals surface area (Å²) in [4.78, 5) is 0. The normalized spacial score (nSPS) is 31.4. The second kappa shape index (κ2) is 5.50. The number of sulfone groups is 1. The van der Waals surface area contributed by atoms with Crippen LogP contribution in [0.3, 0.4) is 0 Å². The summed E-state index contributed by atoms with van der Waals surface area (Å²) in [5.74, 6) is 0.407. The molecule has 2 fully saturated rings. The van der Waals surface area contributed by atoms with Gasteiger partial charge in [-0.3, -0.25) is 0 Å². The van der Waals surface area contributed by atoms with Crippen molar-refractivity contribution in [1.29, 1.82) is 0 Å². The molecule has 0 aromatic rings. The number of hydrogen-bond donors (Lipinski definition) is 1. The lowest BCUT2D eigenvalue weighted by molar-refractivity contribution is 0.368. The zero-order valence-electron chi connectivity index (χ0n) is 9.95. The van der Waals surface area contributed by atoms with Crippen LogP contribution in [0.4, 0.5) is 0 Å². The van der Waals surface area contributed by atoms with Gasteiger partial charge in [-0.05, 0) is 25.7 Å². The topological polar surface area (TPSA) is 46.2 Å². The second-order valence-electron chi connectivity index (χ2n) is 5.23. The van der Waals surface area contributed by atoms with Crippen LogP contribution in [-0.4, -0.2) is 32.0 Å². The Hall–Kier alpha value is -0.0900. The fourth-order valence-electron chi connectivity index (χ4n) is 2.86. The van der Waals surface area contributed by atoms with E-state index >= 15 is 0 Å². The first-order valence-corrected chi connectivity index (χ1v) is 8.35. The smallest absolute Gasteiger partial charge is 0.154 e. The summed E-state index contributed by atoms with van der Waals surface area (Å²) in [5.41, 5.74) is 0. The summed E-state index contributed by atoms with van der Waals surface area (Å²) in [6, 6.07) is 0.575. The zero-order chi connectivity index (χ0) is 11.4. The Morgan fingerprint density at radius 2 is 1.62 bits per heavy atom. The summed E-state index contributed by atoms with van der Waals surface area (Å²) < 4.78 is 23.6. The van der Waals surface area contributed by atoms with Crippen LogP contribution in [0.25, 0.3) is 0 Å². The zero-order valence-corrected chi connectivity index (χ0v) is 10.8. The molecule has 0 amide bonds. The molecule has 94 valence electrons. The Morgan fingerprint density at radius 3 is 2.31 bits per heavy atom. The lowest BCUT2D eigenvalue weighted by Gasteiger charge is -2.27. The van der Waals surface area contributed by atoms with E-state index in [1.54, 1.807) is 0 Å². The third kappa shape index (κ3) is 3.20. The highest BCUT2D eigenvalue weighted by Gasteiger charge is 2.29. The minimum Gasteiger partial charge on any atom is -0.313 e. The highest BCUT2D eigenvalue weighted by atomic mass is 32.2. The fraction of sp³-hybridized carbons (Fsp3) is 1.00. The van der Waals surface area contributed by atoms with E-state index < -0.39 is 9.84 Å². The van der Waals surface area contributed by atoms with Crippen molar-refractivity contribution < 1.29 is 8.42 Å². The summed E-state index contributed by atoms with van der Waals surface area (Å²) >= 11 is 0. The van der Waals surface area contributed by atoms with E-state index in [9.17, 15) is 8.42 Å². The van der Waals surface area contributed by atoms with Crippen molar-refractivity contribution in [3.8, 4) is 0 Å². The van der Waals surface area contributed by atoms with Crippen LogP contribution in [0, 0.1) is 0 Å². The van der Waals surface area contributed by atoms with E-state index in [-0.39, 0.29) is 5.25 Å². The summed E-state index contributed by atoms with van der Waals surface area (Å²) in [5, 5.41) is 3.36. The molecule has 3 nitrogen and oxygen atoms in total. The standard InChI is InChI=1S/C12H23NO2S/c14-16(15)9-5-4-8-12(16)10-13-11-6-2-1-3-7-11/h11-13H,1-10H2. The Labute approximate surface area is 98.9 Å². The minimum atomic E-state index is -2.79. The van der Waals surface area contributed by atoms with Crippen molar-refractivity contribution in [3.05, 3.63) is 0 Å². The van der Waals surface area contributed by atoms with Gasteiger partial charge in [0.15, 0.2) is 9.84 Å². The molecule has 0 spiro atoms. The van der Waals surface area contributed by atoms with E-state index in [0.717, 1.165) is 19.3 Å². The molecule has 16 heavy (non-hydrogen) atoms. The summed E-state index contributed by atoms with van der Waals surface area (Å²) in [6.45, 7) is 0.688. The van der Waals surface area contributed by atoms with Crippen LogP contribution in [-0.2, 0) is 9.84 Å². The third-order valence-electron chi connectivity index (χ3n) is 3.95. The maximum absolute atomic E-state index is 11.8. The lowest BCUT2D eigenvalue weighted by Crippen LogP contribution is -2.42. The summed E-state index contributed by atoms with van der Waals surface area (Å²) in [7, 11) is -2.79. The molecule has 2 aliphatic rings. The third-order valence-corrected chi connectivity index (χ3v) is 6.23. The van der Waals surface area contributed by atoms with Gasteiger partial charge in [0.05, 0.1) is 11.0 Å². The highest BCUT2D eigenvalue weighted by molar-refractivity contribution is 7.92. The average molecular weight is 245 g/mol. The highest BCUT2D eigenvalue weighted by Crippen LogP contribution is 2.21. The molecule has 0 bridgehead atoms. The van der Waals surface area contributed by atoms with Crippen molar-refractivity contribution in [2.24, 2.45) is 0 Å². The van der Waals surface area contributed by atoms with Gasteiger partial charge < -0.3 is 5.32 Å². The quantitative estimate of drug-likeness (QED) is 0.825. The van der Waals surface area contributed by atoms with Crippen LogP contribution >= 0.6 is 0 Å². The first-order valence-electron chi connectivity index (χ1n) is 6.63. The molecule has 4 heteroatoms. The molecule has 1 aliphatic heterocycles. The van der Waals surface area contributed by atoms with E-state index in [4.69, 9.17) is 0 Å². The largest absolute Gasteiger partial charge is 0.313 e. The van der Waals surface area contributed by atoms with Crippen molar-refractivity contribution in [3.63, 3.8) is 0 Å². The predicted molar refractivity (Wildman–Crippen MR) is 66.3 cm³/mol. The molecule has 2 rings (SSSR count). The van der Waals surface area contributed by atoms with Crippen molar-refractivity contribution in [2.75, 3.05) is 12.3 Å². The number of rotatable bonds is 3. The molecular weight excluding hydrogens is 222 g/mol. The number of hydrogen-bond acceptors (Lipinski definition) is 3. The molecule has 0 aromatic heterocycles. The number of nitrogens with one attached hydrogen (secondary N) is 1. The van der Waals surface area contributed by atoms with Crippen LogP contribution in [0.5, 0.6) is 0 Å². The van der Waals surface area contributed by atoms with Gasteiger partial charge in [-0.25, -0.2) is 8.42 Å². The van der Waals surface area contributed by atoms with Crippen molar-refractivity contribution >= 4 is 9.84 Å². The Morgan fingerprint density at radius 1 is 0.938 bits per heavy atom. The van der Waals surface area contributed by atoms with Gasteiger partial charge in [0.2, 0.25) is 0 Å². The van der Waals surface area contributed by atoms with Crippen molar-refractivity contribution in [1.82, 2.24) is 5.32 Å². The van der Waals surface area contributed by atoms with Crippen molar-refractivity contribution in [2.45, 2.75) is 62.7 Å². The van der Waals surface area contributed by atoms with Gasteiger partial charge >= 0.3 is 0 Å². The molecule has 1 saturated carbocycles. The Kier molecular flexibility index (Phi) is 4.25. The first kappa shape index (κ1) is 12.4. The molecule has 1 aliphatic carbocycles. The van der Waals surface area contributed by atoms with E-state index in [0.29, 0.717) is 18.3 Å². The van der Waals surface area contributed by atoms with Crippen LogP contribution < -0.4 is 5.32 Å². The molecule has 1 saturated heterocycles. The summed E-state index contributed by atoms with van der Waals surface area (Å²) in [6.07, 6.45) is 9.21. The molecular formula is C12H23NO2S. The minimum absolute atomic E-state index is 0.108. The van der Waals surface area contributed by atoms with E-state index in [1.807, 2.05) is 0 Å². The fourth-order valence-corrected chi connectivity index (χ4v) is 4.67. The average Bonchev–Trinajstić information content (AvgIpc) is 2.28. The molecule has 1 unspecified atom stereocenters. The maximum atomic E-state index is 11.8. The SMILES string of the molecule is O=S1(=O)CCCCC1CNC1CCCCC1. The van der Waals surface area contributed by atoms with Gasteiger partial charge in [0, 0.05) is 12.6 Å². The molecule has 0 radical (unpaired) electrons. The van der Waals surface area contributed by atoms with Crippen LogP contribution in [0.15, 0.2) is 0 Å². The van der Waals surface area contributed by atoms with E-state index in [1.165, 1.54) is 32.1 Å². The molecule has 1 atom stereocenters. The predicted octanol–water partition coefficient (Wildman–Crippen LogP) is 1.88. The van der Waals surface area contributed by atoms with Crippen LogP contribution in [0.1, 0.15) is 51.4 Å². The molecule has 0 aromatic carbocycles.